The van der Waals surface area contributed by atoms with E-state index in [2.05, 4.69) is 38.0 Å². The number of nitrogens with two attached hydrogens (primary N) is 1. The number of hydrogen-bond acceptors (Lipinski definition) is 4. The molecule has 0 bridgehead atoms. The molecule has 0 saturated heterocycles. The number of rotatable bonds is 8. The minimum Gasteiger partial charge on any atom is -0.368 e. The molecular weight excluding hydrogens is 264 g/mol. The summed E-state index contributed by atoms with van der Waals surface area (Å²) in [4.78, 5) is 17.6. The van der Waals surface area contributed by atoms with Crippen LogP contribution in [0.3, 0.4) is 0 Å². The third-order valence-corrected chi connectivity index (χ3v) is 3.08. The van der Waals surface area contributed by atoms with Gasteiger partial charge in [-0.3, -0.25) is 4.79 Å². The Balaban J connectivity index is 2.70. The first-order valence-electron chi connectivity index (χ1n) is 7.55. The van der Waals surface area contributed by atoms with Crippen LogP contribution in [0, 0.1) is 0 Å². The number of anilines is 1. The zero-order valence-electron chi connectivity index (χ0n) is 13.6. The Hall–Kier alpha value is -1.62. The number of hydrogen-bond donors (Lipinski definition) is 2. The number of nitrogens with zero attached hydrogens (tertiary/aromatic N) is 2. The summed E-state index contributed by atoms with van der Waals surface area (Å²) in [5.41, 5.74) is 6.52. The zero-order chi connectivity index (χ0) is 15.9. The molecule has 0 spiro atoms. The smallest absolute Gasteiger partial charge is 0.236 e. The highest BCUT2D eigenvalue weighted by Gasteiger charge is 2.11. The van der Waals surface area contributed by atoms with E-state index in [0.717, 1.165) is 37.3 Å². The quantitative estimate of drug-likeness (QED) is 0.769. The molecular formula is C16H28N4O. The van der Waals surface area contributed by atoms with E-state index in [1.807, 2.05) is 23.2 Å². The average molecular weight is 292 g/mol. The number of carbonyl (C=O) groups excluding carboxylic acids is 1. The van der Waals surface area contributed by atoms with E-state index in [-0.39, 0.29) is 18.0 Å². The van der Waals surface area contributed by atoms with Crippen molar-refractivity contribution in [3.63, 3.8) is 0 Å². The molecule has 5 nitrogen and oxygen atoms in total. The number of pyridine rings is 1. The van der Waals surface area contributed by atoms with E-state index in [1.165, 1.54) is 0 Å². The standard InChI is InChI=1S/C16H28N4O/c1-5-6-9-20(12-14(17)21)15-8-7-13(10-18-15)11-19-16(2,3)4/h7-8,10,19H,5-6,9,11-12H2,1-4H3,(H2,17,21). The lowest BCUT2D eigenvalue weighted by atomic mass is 10.1. The maximum absolute atomic E-state index is 11.2. The topological polar surface area (TPSA) is 71.2 Å². The van der Waals surface area contributed by atoms with Crippen molar-refractivity contribution in [1.82, 2.24) is 10.3 Å². The van der Waals surface area contributed by atoms with Gasteiger partial charge < -0.3 is 16.0 Å². The van der Waals surface area contributed by atoms with Crippen molar-refractivity contribution in [2.75, 3.05) is 18.0 Å². The molecule has 0 aliphatic heterocycles. The molecule has 1 aromatic rings. The van der Waals surface area contributed by atoms with Crippen LogP contribution in [0.2, 0.25) is 0 Å². The second-order valence-corrected chi connectivity index (χ2v) is 6.37. The Bertz CT molecular complexity index is 437. The summed E-state index contributed by atoms with van der Waals surface area (Å²) in [6.45, 7) is 10.3. The fraction of sp³-hybridized carbons (Fsp3) is 0.625. The fourth-order valence-electron chi connectivity index (χ4n) is 1.89. The second-order valence-electron chi connectivity index (χ2n) is 6.37. The fourth-order valence-corrected chi connectivity index (χ4v) is 1.89. The summed E-state index contributed by atoms with van der Waals surface area (Å²) >= 11 is 0. The molecule has 1 heterocycles. The van der Waals surface area contributed by atoms with Gasteiger partial charge in [-0.25, -0.2) is 4.98 Å². The van der Waals surface area contributed by atoms with Gasteiger partial charge in [0.05, 0.1) is 6.54 Å². The number of unbranched alkanes of at least 4 members (excludes halogenated alkanes) is 1. The number of aromatic nitrogens is 1. The van der Waals surface area contributed by atoms with E-state index in [4.69, 9.17) is 5.73 Å². The maximum Gasteiger partial charge on any atom is 0.236 e. The highest BCUT2D eigenvalue weighted by atomic mass is 16.1. The van der Waals surface area contributed by atoms with Gasteiger partial charge in [0.1, 0.15) is 5.82 Å². The van der Waals surface area contributed by atoms with Crippen molar-refractivity contribution in [3.05, 3.63) is 23.9 Å². The normalized spacial score (nSPS) is 11.4. The summed E-state index contributed by atoms with van der Waals surface area (Å²) in [5, 5.41) is 3.43. The summed E-state index contributed by atoms with van der Waals surface area (Å²) < 4.78 is 0. The van der Waals surface area contributed by atoms with Crippen molar-refractivity contribution < 1.29 is 4.79 Å². The van der Waals surface area contributed by atoms with Gasteiger partial charge in [-0.05, 0) is 38.8 Å². The van der Waals surface area contributed by atoms with E-state index in [1.54, 1.807) is 0 Å². The Morgan fingerprint density at radius 3 is 2.57 bits per heavy atom. The van der Waals surface area contributed by atoms with Crippen LogP contribution in [0.1, 0.15) is 46.1 Å². The highest BCUT2D eigenvalue weighted by Crippen LogP contribution is 2.13. The lowest BCUT2D eigenvalue weighted by molar-refractivity contribution is -0.116. The molecule has 0 atom stereocenters. The summed E-state index contributed by atoms with van der Waals surface area (Å²) in [7, 11) is 0. The van der Waals surface area contributed by atoms with Crippen molar-refractivity contribution in [2.45, 2.75) is 52.6 Å². The molecule has 0 saturated carbocycles. The van der Waals surface area contributed by atoms with Gasteiger partial charge in [-0.15, -0.1) is 0 Å². The van der Waals surface area contributed by atoms with Gasteiger partial charge in [0.25, 0.3) is 0 Å². The van der Waals surface area contributed by atoms with E-state index >= 15 is 0 Å². The minimum absolute atomic E-state index is 0.0812. The number of amides is 1. The average Bonchev–Trinajstić information content (AvgIpc) is 2.40. The number of carbonyl (C=O) groups is 1. The van der Waals surface area contributed by atoms with Crippen molar-refractivity contribution in [2.24, 2.45) is 5.73 Å². The summed E-state index contributed by atoms with van der Waals surface area (Å²) in [6, 6.07) is 4.00. The molecule has 0 fully saturated rings. The van der Waals surface area contributed by atoms with Crippen LogP contribution in [0.15, 0.2) is 18.3 Å². The Labute approximate surface area is 127 Å². The van der Waals surface area contributed by atoms with E-state index in [9.17, 15) is 4.79 Å². The monoisotopic (exact) mass is 292 g/mol. The summed E-state index contributed by atoms with van der Waals surface area (Å²) in [5.74, 6) is 0.480. The Morgan fingerprint density at radius 2 is 2.10 bits per heavy atom. The highest BCUT2D eigenvalue weighted by molar-refractivity contribution is 5.79. The number of primary amides is 1. The van der Waals surface area contributed by atoms with Gasteiger partial charge in [-0.1, -0.05) is 19.4 Å². The van der Waals surface area contributed by atoms with Crippen LogP contribution in [0.4, 0.5) is 5.82 Å². The van der Waals surface area contributed by atoms with Crippen LogP contribution in [-0.2, 0) is 11.3 Å². The second kappa shape index (κ2) is 7.98. The molecule has 21 heavy (non-hydrogen) atoms. The SMILES string of the molecule is CCCCN(CC(N)=O)c1ccc(CNC(C)(C)C)cn1. The predicted octanol–water partition coefficient (Wildman–Crippen LogP) is 2.06. The first-order valence-corrected chi connectivity index (χ1v) is 7.55. The van der Waals surface area contributed by atoms with Crippen LogP contribution in [0.5, 0.6) is 0 Å². The molecule has 5 heteroatoms. The largest absolute Gasteiger partial charge is 0.368 e. The van der Waals surface area contributed by atoms with Gasteiger partial charge >= 0.3 is 0 Å². The Kier molecular flexibility index (Phi) is 6.62. The van der Waals surface area contributed by atoms with Crippen LogP contribution < -0.4 is 16.0 Å². The minimum atomic E-state index is -0.327. The van der Waals surface area contributed by atoms with E-state index < -0.39 is 0 Å². The molecule has 0 aliphatic carbocycles. The zero-order valence-corrected chi connectivity index (χ0v) is 13.6. The van der Waals surface area contributed by atoms with Gasteiger partial charge in [0, 0.05) is 24.8 Å². The van der Waals surface area contributed by atoms with Crippen LogP contribution in [0.25, 0.3) is 0 Å². The summed E-state index contributed by atoms with van der Waals surface area (Å²) in [6.07, 6.45) is 3.94. The first-order chi connectivity index (χ1) is 9.81. The third kappa shape index (κ3) is 7.09. The lowest BCUT2D eigenvalue weighted by Crippen LogP contribution is -2.36. The van der Waals surface area contributed by atoms with Gasteiger partial charge in [-0.2, -0.15) is 0 Å². The van der Waals surface area contributed by atoms with Crippen LogP contribution >= 0.6 is 0 Å². The molecule has 1 rings (SSSR count). The molecule has 1 aromatic heterocycles. The lowest BCUT2D eigenvalue weighted by Gasteiger charge is -2.23. The van der Waals surface area contributed by atoms with Crippen molar-refractivity contribution in [1.29, 1.82) is 0 Å². The van der Waals surface area contributed by atoms with Gasteiger partial charge in [0.2, 0.25) is 5.91 Å². The molecule has 1 amide bonds. The molecule has 0 aromatic carbocycles. The third-order valence-electron chi connectivity index (χ3n) is 3.08. The Morgan fingerprint density at radius 1 is 1.38 bits per heavy atom. The molecule has 3 N–H and O–H groups in total. The first kappa shape index (κ1) is 17.4. The van der Waals surface area contributed by atoms with Gasteiger partial charge in [0.15, 0.2) is 0 Å². The molecule has 0 unspecified atom stereocenters. The van der Waals surface area contributed by atoms with Crippen molar-refractivity contribution >= 4 is 11.7 Å². The van der Waals surface area contributed by atoms with E-state index in [0.29, 0.717) is 0 Å². The van der Waals surface area contributed by atoms with Crippen LogP contribution in [-0.4, -0.2) is 29.5 Å². The molecule has 0 radical (unpaired) electrons. The maximum atomic E-state index is 11.2. The predicted molar refractivity (Wildman–Crippen MR) is 87.1 cm³/mol. The molecule has 118 valence electrons. The number of nitrogens with one attached hydrogen (secondary N) is 1. The van der Waals surface area contributed by atoms with Crippen molar-refractivity contribution in [3.8, 4) is 0 Å². The molecule has 0 aliphatic rings.